The average Bonchev–Trinajstić information content (AvgIpc) is 3.10. The summed E-state index contributed by atoms with van der Waals surface area (Å²) in [7, 11) is 0. The minimum atomic E-state index is 0. The van der Waals surface area contributed by atoms with Crippen LogP contribution in [0, 0.1) is 6.92 Å². The van der Waals surface area contributed by atoms with Gasteiger partial charge in [-0.1, -0.05) is 0 Å². The molecule has 8 heteroatoms. The Morgan fingerprint density at radius 2 is 2.14 bits per heavy atom. The van der Waals surface area contributed by atoms with E-state index >= 15 is 0 Å². The first-order valence-electron chi connectivity index (χ1n) is 7.17. The Labute approximate surface area is 152 Å². The van der Waals surface area contributed by atoms with Gasteiger partial charge in [0.25, 0.3) is 0 Å². The smallest absolute Gasteiger partial charge is 0.191 e. The summed E-state index contributed by atoms with van der Waals surface area (Å²) >= 11 is 1.80. The van der Waals surface area contributed by atoms with Crippen LogP contribution in [0.15, 0.2) is 23.5 Å². The third-order valence-electron chi connectivity index (χ3n) is 2.99. The van der Waals surface area contributed by atoms with Crippen molar-refractivity contribution in [3.8, 4) is 0 Å². The van der Waals surface area contributed by atoms with Gasteiger partial charge >= 0.3 is 0 Å². The van der Waals surface area contributed by atoms with E-state index in [1.807, 2.05) is 4.57 Å². The minimum absolute atomic E-state index is 0. The van der Waals surface area contributed by atoms with Crippen LogP contribution in [0.2, 0.25) is 0 Å². The van der Waals surface area contributed by atoms with Crippen LogP contribution in [0.1, 0.15) is 29.4 Å². The summed E-state index contributed by atoms with van der Waals surface area (Å²) in [6, 6.07) is 4.28. The number of aromatic nitrogens is 3. The standard InChI is InChI=1S/C14H22N6S.HI/c1-4-15-14(16-8-12-7-6-11(3)21-12)17-9-13-19-18-10-20(13)5-2;/h6-7,10H,4-5,8-9H2,1-3H3,(H2,15,16,17);1H. The van der Waals surface area contributed by atoms with Gasteiger partial charge < -0.3 is 15.2 Å². The topological polar surface area (TPSA) is 67.1 Å². The summed E-state index contributed by atoms with van der Waals surface area (Å²) in [5, 5.41) is 14.6. The monoisotopic (exact) mass is 434 g/mol. The van der Waals surface area contributed by atoms with E-state index in [0.29, 0.717) is 6.54 Å². The highest BCUT2D eigenvalue weighted by molar-refractivity contribution is 14.0. The van der Waals surface area contributed by atoms with Crippen molar-refractivity contribution in [2.24, 2.45) is 4.99 Å². The van der Waals surface area contributed by atoms with E-state index < -0.39 is 0 Å². The molecule has 0 spiro atoms. The van der Waals surface area contributed by atoms with E-state index in [1.54, 1.807) is 17.7 Å². The molecule has 6 nitrogen and oxygen atoms in total. The van der Waals surface area contributed by atoms with Crippen molar-refractivity contribution in [1.82, 2.24) is 25.4 Å². The number of halogens is 1. The number of thiophene rings is 1. The Bertz CT molecular complexity index is 592. The highest BCUT2D eigenvalue weighted by Crippen LogP contribution is 2.14. The van der Waals surface area contributed by atoms with E-state index in [2.05, 4.69) is 58.7 Å². The van der Waals surface area contributed by atoms with Crippen molar-refractivity contribution < 1.29 is 0 Å². The SMILES string of the molecule is CCNC(=NCc1nncn1CC)NCc1ccc(C)s1.I. The molecule has 2 aromatic rings. The zero-order chi connectivity index (χ0) is 15.1. The number of rotatable bonds is 6. The first-order valence-corrected chi connectivity index (χ1v) is 7.98. The molecule has 0 aliphatic heterocycles. The molecule has 0 saturated heterocycles. The number of hydrogen-bond donors (Lipinski definition) is 2. The molecule has 2 heterocycles. The van der Waals surface area contributed by atoms with Crippen molar-refractivity contribution in [3.63, 3.8) is 0 Å². The second-order valence-electron chi connectivity index (χ2n) is 4.59. The Hall–Kier alpha value is -1.16. The quantitative estimate of drug-likeness (QED) is 0.417. The average molecular weight is 434 g/mol. The zero-order valence-electron chi connectivity index (χ0n) is 13.2. The first-order chi connectivity index (χ1) is 10.2. The van der Waals surface area contributed by atoms with Gasteiger partial charge in [0.2, 0.25) is 0 Å². The van der Waals surface area contributed by atoms with Crippen LogP contribution in [0.25, 0.3) is 0 Å². The molecule has 0 bridgehead atoms. The molecule has 2 rings (SSSR count). The predicted molar refractivity (Wildman–Crippen MR) is 102 cm³/mol. The van der Waals surface area contributed by atoms with Crippen LogP contribution in [0.4, 0.5) is 0 Å². The molecular weight excluding hydrogens is 411 g/mol. The van der Waals surface area contributed by atoms with Crippen LogP contribution in [-0.4, -0.2) is 27.3 Å². The Morgan fingerprint density at radius 3 is 2.77 bits per heavy atom. The summed E-state index contributed by atoms with van der Waals surface area (Å²) in [5.74, 6) is 1.68. The molecule has 2 N–H and O–H groups in total. The van der Waals surface area contributed by atoms with Crippen molar-refractivity contribution in [2.75, 3.05) is 6.54 Å². The van der Waals surface area contributed by atoms with Crippen molar-refractivity contribution in [2.45, 2.75) is 40.4 Å². The number of nitrogens with one attached hydrogen (secondary N) is 2. The van der Waals surface area contributed by atoms with Gasteiger partial charge in [0.1, 0.15) is 12.9 Å². The number of aryl methyl sites for hydroxylation is 2. The Balaban J connectivity index is 0.00000242. The van der Waals surface area contributed by atoms with Crippen molar-refractivity contribution in [1.29, 1.82) is 0 Å². The summed E-state index contributed by atoms with van der Waals surface area (Å²) in [6.45, 7) is 9.23. The normalized spacial score (nSPS) is 11.1. The van der Waals surface area contributed by atoms with Crippen LogP contribution < -0.4 is 10.6 Å². The lowest BCUT2D eigenvalue weighted by atomic mass is 10.4. The molecule has 0 atom stereocenters. The number of guanidine groups is 1. The van der Waals surface area contributed by atoms with Crippen LogP contribution in [0.3, 0.4) is 0 Å². The van der Waals surface area contributed by atoms with E-state index in [1.165, 1.54) is 9.75 Å². The van der Waals surface area contributed by atoms with Gasteiger partial charge in [-0.2, -0.15) is 0 Å². The van der Waals surface area contributed by atoms with E-state index in [4.69, 9.17) is 0 Å². The van der Waals surface area contributed by atoms with Crippen molar-refractivity contribution in [3.05, 3.63) is 34.0 Å². The van der Waals surface area contributed by atoms with Crippen molar-refractivity contribution >= 4 is 41.3 Å². The molecule has 22 heavy (non-hydrogen) atoms. The van der Waals surface area contributed by atoms with Crippen LogP contribution in [-0.2, 0) is 19.6 Å². The van der Waals surface area contributed by atoms with E-state index in [0.717, 1.165) is 31.4 Å². The lowest BCUT2D eigenvalue weighted by Crippen LogP contribution is -2.36. The molecule has 0 aromatic carbocycles. The van der Waals surface area contributed by atoms with Gasteiger partial charge in [-0.25, -0.2) is 4.99 Å². The van der Waals surface area contributed by atoms with Gasteiger partial charge in [0, 0.05) is 22.8 Å². The fourth-order valence-corrected chi connectivity index (χ4v) is 2.74. The van der Waals surface area contributed by atoms with Gasteiger partial charge in [-0.15, -0.1) is 45.5 Å². The molecule has 0 saturated carbocycles. The summed E-state index contributed by atoms with van der Waals surface area (Å²) < 4.78 is 2.00. The molecule has 0 radical (unpaired) electrons. The fourth-order valence-electron chi connectivity index (χ4n) is 1.91. The molecule has 0 amide bonds. The number of hydrogen-bond acceptors (Lipinski definition) is 4. The van der Waals surface area contributed by atoms with Gasteiger partial charge in [0.15, 0.2) is 11.8 Å². The molecule has 0 aliphatic carbocycles. The maximum atomic E-state index is 4.56. The molecule has 122 valence electrons. The van der Waals surface area contributed by atoms with E-state index in [9.17, 15) is 0 Å². The van der Waals surface area contributed by atoms with Crippen LogP contribution >= 0.6 is 35.3 Å². The van der Waals surface area contributed by atoms with Gasteiger partial charge in [-0.05, 0) is 32.9 Å². The Kier molecular flexibility index (Phi) is 8.39. The molecule has 0 aliphatic rings. The number of aliphatic imine (C=N–C) groups is 1. The van der Waals surface area contributed by atoms with E-state index in [-0.39, 0.29) is 24.0 Å². The zero-order valence-corrected chi connectivity index (χ0v) is 16.3. The molecule has 0 fully saturated rings. The Morgan fingerprint density at radius 1 is 1.32 bits per heavy atom. The minimum Gasteiger partial charge on any atom is -0.357 e. The van der Waals surface area contributed by atoms with Gasteiger partial charge in [0.05, 0.1) is 6.54 Å². The molecular formula is C14H23IN6S. The second kappa shape index (κ2) is 9.78. The highest BCUT2D eigenvalue weighted by Gasteiger charge is 2.04. The molecule has 2 aromatic heterocycles. The largest absolute Gasteiger partial charge is 0.357 e. The third kappa shape index (κ3) is 5.56. The predicted octanol–water partition coefficient (Wildman–Crippen LogP) is 2.54. The summed E-state index contributed by atoms with van der Waals surface area (Å²) in [6.07, 6.45) is 1.74. The first kappa shape index (κ1) is 18.9. The molecule has 0 unspecified atom stereocenters. The number of nitrogens with zero attached hydrogens (tertiary/aromatic N) is 4. The van der Waals surface area contributed by atoms with Crippen LogP contribution in [0.5, 0.6) is 0 Å². The lowest BCUT2D eigenvalue weighted by molar-refractivity contribution is 0.694. The lowest BCUT2D eigenvalue weighted by Gasteiger charge is -2.10. The van der Waals surface area contributed by atoms with Gasteiger partial charge in [-0.3, -0.25) is 0 Å². The maximum Gasteiger partial charge on any atom is 0.191 e. The summed E-state index contributed by atoms with van der Waals surface area (Å²) in [4.78, 5) is 7.19. The summed E-state index contributed by atoms with van der Waals surface area (Å²) in [5.41, 5.74) is 0. The second-order valence-corrected chi connectivity index (χ2v) is 5.97. The maximum absolute atomic E-state index is 4.56. The highest BCUT2D eigenvalue weighted by atomic mass is 127. The third-order valence-corrected chi connectivity index (χ3v) is 3.99. The fraction of sp³-hybridized carbons (Fsp3) is 0.500.